The first-order valence-electron chi connectivity index (χ1n) is 11.7. The Morgan fingerprint density at radius 3 is 1.81 bits per heavy atom. The number of hydrogen-bond donors (Lipinski definition) is 0. The fraction of sp³-hybridized carbons (Fsp3) is 0.100. The highest BCUT2D eigenvalue weighted by atomic mass is 32.1. The van der Waals surface area contributed by atoms with Crippen molar-refractivity contribution in [2.24, 2.45) is 0 Å². The maximum Gasteiger partial charge on any atom is 0.346 e. The third-order valence-electron chi connectivity index (χ3n) is 6.22. The molecule has 6 aromatic rings. The largest absolute Gasteiger partial charge is 0.497 e. The van der Waals surface area contributed by atoms with Gasteiger partial charge in [-0.2, -0.15) is 0 Å². The molecule has 0 fully saturated rings. The molecule has 0 aliphatic heterocycles. The highest BCUT2D eigenvalue weighted by molar-refractivity contribution is 7.15. The Kier molecular flexibility index (Phi) is 5.94. The number of benzene rings is 3. The van der Waals surface area contributed by atoms with Crippen LogP contribution in [-0.2, 0) is 0 Å². The Morgan fingerprint density at radius 2 is 1.27 bits per heavy atom. The molecule has 182 valence electrons. The number of aromatic nitrogens is 2. The van der Waals surface area contributed by atoms with E-state index in [1.165, 1.54) is 0 Å². The molecule has 0 unspecified atom stereocenters. The van der Waals surface area contributed by atoms with Gasteiger partial charge in [-0.05, 0) is 26.0 Å². The van der Waals surface area contributed by atoms with Gasteiger partial charge in [0.05, 0.1) is 24.1 Å². The van der Waals surface area contributed by atoms with E-state index in [1.807, 2.05) is 86.6 Å². The summed E-state index contributed by atoms with van der Waals surface area (Å²) in [7, 11) is 1.59. The lowest BCUT2D eigenvalue weighted by Gasteiger charge is -2.11. The quantitative estimate of drug-likeness (QED) is 0.215. The lowest BCUT2D eigenvalue weighted by atomic mass is 9.98. The van der Waals surface area contributed by atoms with Gasteiger partial charge < -0.3 is 9.15 Å². The molecule has 3 heterocycles. The monoisotopic (exact) mass is 522 g/mol. The zero-order valence-corrected chi connectivity index (χ0v) is 22.1. The van der Waals surface area contributed by atoms with Gasteiger partial charge >= 0.3 is 5.63 Å². The van der Waals surface area contributed by atoms with E-state index < -0.39 is 5.63 Å². The fourth-order valence-electron chi connectivity index (χ4n) is 4.43. The number of nitrogens with zero attached hydrogens (tertiary/aromatic N) is 2. The maximum absolute atomic E-state index is 13.6. The van der Waals surface area contributed by atoms with Gasteiger partial charge in [-0.25, -0.2) is 14.8 Å². The molecule has 0 amide bonds. The molecule has 7 heteroatoms. The van der Waals surface area contributed by atoms with Crippen LogP contribution in [0.5, 0.6) is 5.75 Å². The summed E-state index contributed by atoms with van der Waals surface area (Å²) in [5, 5.41) is 2.54. The first-order chi connectivity index (χ1) is 18.0. The minimum absolute atomic E-state index is 0.432. The average molecular weight is 523 g/mol. The fourth-order valence-corrected chi connectivity index (χ4v) is 6.28. The number of hydrogen-bond acceptors (Lipinski definition) is 7. The molecule has 0 saturated carbocycles. The van der Waals surface area contributed by atoms with Crippen molar-refractivity contribution in [2.45, 2.75) is 13.8 Å². The maximum atomic E-state index is 13.6. The topological polar surface area (TPSA) is 65.2 Å². The molecular formula is C30H22N2O3S2. The Bertz CT molecular complexity index is 1800. The SMILES string of the molecule is COc1ccc2c(-c3nc(-c4ccccc4)sc3C)c(-c3nc(-c4ccccc4)sc3C)c(=O)oc2c1. The van der Waals surface area contributed by atoms with Crippen molar-refractivity contribution in [1.82, 2.24) is 9.97 Å². The van der Waals surface area contributed by atoms with Crippen LogP contribution in [0.4, 0.5) is 0 Å². The molecule has 3 aromatic heterocycles. The molecule has 0 radical (unpaired) electrons. The van der Waals surface area contributed by atoms with E-state index in [2.05, 4.69) is 0 Å². The van der Waals surface area contributed by atoms with Crippen molar-refractivity contribution in [3.05, 3.63) is 99.0 Å². The van der Waals surface area contributed by atoms with Crippen molar-refractivity contribution in [3.8, 4) is 49.4 Å². The second-order valence-corrected chi connectivity index (χ2v) is 11.0. The Morgan fingerprint density at radius 1 is 0.730 bits per heavy atom. The average Bonchev–Trinajstić information content (AvgIpc) is 3.50. The molecule has 37 heavy (non-hydrogen) atoms. The van der Waals surface area contributed by atoms with Gasteiger partial charge in [0.25, 0.3) is 0 Å². The third kappa shape index (κ3) is 4.16. The zero-order valence-electron chi connectivity index (χ0n) is 20.4. The molecule has 0 aliphatic rings. The lowest BCUT2D eigenvalue weighted by molar-refractivity contribution is 0.414. The highest BCUT2D eigenvalue weighted by Gasteiger charge is 2.26. The third-order valence-corrected chi connectivity index (χ3v) is 8.26. The van der Waals surface area contributed by atoms with E-state index in [0.29, 0.717) is 22.6 Å². The second kappa shape index (κ2) is 9.42. The van der Waals surface area contributed by atoms with Gasteiger partial charge in [-0.15, -0.1) is 22.7 Å². The summed E-state index contributed by atoms with van der Waals surface area (Å²) in [5.74, 6) is 0.616. The van der Waals surface area contributed by atoms with Crippen LogP contribution in [0.3, 0.4) is 0 Å². The zero-order chi connectivity index (χ0) is 25.5. The van der Waals surface area contributed by atoms with Crippen LogP contribution in [0.25, 0.3) is 54.6 Å². The Balaban J connectivity index is 1.65. The molecule has 0 bridgehead atoms. The van der Waals surface area contributed by atoms with Crippen LogP contribution in [0.1, 0.15) is 9.75 Å². The van der Waals surface area contributed by atoms with Crippen molar-refractivity contribution in [1.29, 1.82) is 0 Å². The first-order valence-corrected chi connectivity index (χ1v) is 13.4. The van der Waals surface area contributed by atoms with Gasteiger partial charge in [-0.3, -0.25) is 0 Å². The predicted octanol–water partition coefficient (Wildman–Crippen LogP) is 8.00. The molecule has 5 nitrogen and oxygen atoms in total. The summed E-state index contributed by atoms with van der Waals surface area (Å²) < 4.78 is 11.3. The Hall–Kier alpha value is -4.07. The molecule has 0 saturated heterocycles. The van der Waals surface area contributed by atoms with Crippen LogP contribution in [0, 0.1) is 13.8 Å². The van der Waals surface area contributed by atoms with Gasteiger partial charge in [0.2, 0.25) is 0 Å². The van der Waals surface area contributed by atoms with Crippen molar-refractivity contribution in [2.75, 3.05) is 7.11 Å². The number of rotatable bonds is 5. The van der Waals surface area contributed by atoms with E-state index >= 15 is 0 Å². The van der Waals surface area contributed by atoms with Crippen LogP contribution in [0.2, 0.25) is 0 Å². The van der Waals surface area contributed by atoms with Gasteiger partial charge in [0, 0.05) is 37.9 Å². The van der Waals surface area contributed by atoms with Crippen LogP contribution in [0.15, 0.2) is 88.1 Å². The lowest BCUT2D eigenvalue weighted by Crippen LogP contribution is -2.07. The summed E-state index contributed by atoms with van der Waals surface area (Å²) in [5.41, 5.74) is 4.60. The van der Waals surface area contributed by atoms with E-state index in [9.17, 15) is 4.79 Å². The van der Waals surface area contributed by atoms with Gasteiger partial charge in [-0.1, -0.05) is 60.7 Å². The predicted molar refractivity (Wildman–Crippen MR) is 152 cm³/mol. The van der Waals surface area contributed by atoms with Gasteiger partial charge in [0.15, 0.2) is 0 Å². The molecule has 3 aromatic carbocycles. The van der Waals surface area contributed by atoms with Crippen molar-refractivity contribution >= 4 is 33.6 Å². The summed E-state index contributed by atoms with van der Waals surface area (Å²) >= 11 is 3.17. The number of thiazole rings is 2. The summed E-state index contributed by atoms with van der Waals surface area (Å²) in [6, 6.07) is 25.6. The van der Waals surface area contributed by atoms with E-state index in [-0.39, 0.29) is 0 Å². The molecule has 0 N–H and O–H groups in total. The molecule has 0 aliphatic carbocycles. The summed E-state index contributed by atoms with van der Waals surface area (Å²) in [4.78, 5) is 25.6. The molecular weight excluding hydrogens is 500 g/mol. The standard InChI is InChI=1S/C30H22N2O3S2/c1-17-26(31-28(36-17)19-10-6-4-7-11-19)24-22-15-14-21(34-3)16-23(22)35-30(33)25(24)27-18(2)37-29(32-27)20-12-8-5-9-13-20/h4-16H,1-3H3. The van der Waals surface area contributed by atoms with E-state index in [0.717, 1.165) is 47.5 Å². The van der Waals surface area contributed by atoms with E-state index in [1.54, 1.807) is 35.8 Å². The number of methoxy groups -OCH3 is 1. The molecule has 0 atom stereocenters. The van der Waals surface area contributed by atoms with Crippen LogP contribution in [-0.4, -0.2) is 17.1 Å². The summed E-state index contributed by atoms with van der Waals surface area (Å²) in [6.45, 7) is 4.03. The number of fused-ring (bicyclic) bond motifs is 1. The normalized spacial score (nSPS) is 11.2. The summed E-state index contributed by atoms with van der Waals surface area (Å²) in [6.07, 6.45) is 0. The number of aryl methyl sites for hydroxylation is 2. The van der Waals surface area contributed by atoms with Crippen molar-refractivity contribution in [3.63, 3.8) is 0 Å². The van der Waals surface area contributed by atoms with E-state index in [4.69, 9.17) is 19.1 Å². The highest BCUT2D eigenvalue weighted by Crippen LogP contribution is 2.43. The minimum Gasteiger partial charge on any atom is -0.497 e. The van der Waals surface area contributed by atoms with Crippen molar-refractivity contribution < 1.29 is 9.15 Å². The van der Waals surface area contributed by atoms with Crippen LogP contribution < -0.4 is 10.4 Å². The minimum atomic E-state index is -0.447. The molecule has 6 rings (SSSR count). The molecule has 0 spiro atoms. The second-order valence-electron chi connectivity index (χ2n) is 8.58. The first kappa shape index (κ1) is 23.3. The van der Waals surface area contributed by atoms with Crippen LogP contribution >= 0.6 is 22.7 Å². The van der Waals surface area contributed by atoms with Gasteiger partial charge in [0.1, 0.15) is 21.3 Å². The number of ether oxygens (including phenoxy) is 1. The Labute approximate surface area is 221 Å². The smallest absolute Gasteiger partial charge is 0.346 e.